The first-order valence-electron chi connectivity index (χ1n) is 9.04. The number of hydrogen-bond acceptors (Lipinski definition) is 5. The van der Waals surface area contributed by atoms with E-state index >= 15 is 0 Å². The van der Waals surface area contributed by atoms with Crippen LogP contribution in [0.15, 0.2) is 30.5 Å². The molecule has 0 bridgehead atoms. The monoisotopic (exact) mass is 372 g/mol. The Bertz CT molecular complexity index is 949. The smallest absolute Gasteiger partial charge is 0.181 e. The zero-order valence-electron chi connectivity index (χ0n) is 15.3. The zero-order valence-corrected chi connectivity index (χ0v) is 15.3. The second-order valence-corrected chi connectivity index (χ2v) is 7.49. The van der Waals surface area contributed by atoms with E-state index in [1.807, 2.05) is 6.07 Å². The molecule has 1 aliphatic heterocycles. The van der Waals surface area contributed by atoms with E-state index in [9.17, 15) is 8.78 Å². The number of alkyl halides is 1. The van der Waals surface area contributed by atoms with Gasteiger partial charge in [-0.15, -0.1) is 0 Å². The van der Waals surface area contributed by atoms with Crippen LogP contribution < -0.4 is 10.2 Å². The minimum absolute atomic E-state index is 0.0197. The quantitative estimate of drug-likeness (QED) is 0.737. The molecule has 4 heterocycles. The number of pyridine rings is 2. The summed E-state index contributed by atoms with van der Waals surface area (Å²) in [5.41, 5.74) is -0.00591. The molecular formula is C19H22F2N6. The highest BCUT2D eigenvalue weighted by atomic mass is 19.1. The summed E-state index contributed by atoms with van der Waals surface area (Å²) < 4.78 is 28.5. The molecule has 0 radical (unpaired) electrons. The van der Waals surface area contributed by atoms with E-state index in [2.05, 4.69) is 30.4 Å². The number of fused-ring (bicyclic) bond motifs is 1. The number of H-pyrrole nitrogens is 1. The van der Waals surface area contributed by atoms with Crippen molar-refractivity contribution < 1.29 is 8.78 Å². The third-order valence-electron chi connectivity index (χ3n) is 4.71. The Kier molecular flexibility index (Phi) is 4.51. The third-order valence-corrected chi connectivity index (χ3v) is 4.71. The highest BCUT2D eigenvalue weighted by Crippen LogP contribution is 2.28. The summed E-state index contributed by atoms with van der Waals surface area (Å²) in [4.78, 5) is 10.8. The zero-order chi connectivity index (χ0) is 19.0. The van der Waals surface area contributed by atoms with E-state index in [0.717, 1.165) is 18.5 Å². The molecule has 0 aliphatic carbocycles. The first kappa shape index (κ1) is 17.8. The number of rotatable bonds is 4. The van der Waals surface area contributed by atoms with E-state index in [1.54, 1.807) is 32.2 Å². The molecule has 1 atom stereocenters. The predicted molar refractivity (Wildman–Crippen MR) is 101 cm³/mol. The molecule has 4 rings (SSSR count). The lowest BCUT2D eigenvalue weighted by Gasteiger charge is -2.36. The van der Waals surface area contributed by atoms with Gasteiger partial charge in [0.15, 0.2) is 11.5 Å². The van der Waals surface area contributed by atoms with Crippen LogP contribution in [0.1, 0.15) is 20.3 Å². The number of aromatic amines is 1. The minimum Gasteiger partial charge on any atom is -0.354 e. The summed E-state index contributed by atoms with van der Waals surface area (Å²) in [7, 11) is 0. The lowest BCUT2D eigenvalue weighted by molar-refractivity contribution is 0.175. The van der Waals surface area contributed by atoms with E-state index in [4.69, 9.17) is 0 Å². The number of nitrogens with one attached hydrogen (secondary N) is 2. The Labute approximate surface area is 156 Å². The van der Waals surface area contributed by atoms with Gasteiger partial charge in [-0.3, -0.25) is 5.10 Å². The van der Waals surface area contributed by atoms with Crippen LogP contribution in [-0.4, -0.2) is 51.5 Å². The van der Waals surface area contributed by atoms with Gasteiger partial charge in [0.1, 0.15) is 17.2 Å². The molecule has 8 heteroatoms. The van der Waals surface area contributed by atoms with Crippen LogP contribution in [0.25, 0.3) is 22.4 Å². The van der Waals surface area contributed by atoms with Gasteiger partial charge in [-0.2, -0.15) is 5.10 Å². The molecule has 142 valence electrons. The second kappa shape index (κ2) is 6.84. The summed E-state index contributed by atoms with van der Waals surface area (Å²) >= 11 is 0. The molecule has 1 saturated heterocycles. The van der Waals surface area contributed by atoms with Crippen molar-refractivity contribution in [1.82, 2.24) is 25.5 Å². The molecule has 0 saturated carbocycles. The lowest BCUT2D eigenvalue weighted by Crippen LogP contribution is -2.52. The van der Waals surface area contributed by atoms with E-state index in [0.29, 0.717) is 30.1 Å². The van der Waals surface area contributed by atoms with Gasteiger partial charge in [-0.05, 0) is 44.5 Å². The van der Waals surface area contributed by atoms with Crippen molar-refractivity contribution in [2.45, 2.75) is 32.0 Å². The maximum absolute atomic E-state index is 14.5. The highest BCUT2D eigenvalue weighted by molar-refractivity contribution is 5.89. The molecule has 6 nitrogen and oxygen atoms in total. The summed E-state index contributed by atoms with van der Waals surface area (Å²) in [5.74, 6) is 0.242. The Morgan fingerprint density at radius 1 is 1.30 bits per heavy atom. The Morgan fingerprint density at radius 3 is 2.96 bits per heavy atom. The van der Waals surface area contributed by atoms with Crippen LogP contribution in [0, 0.1) is 5.82 Å². The van der Waals surface area contributed by atoms with Crippen LogP contribution in [0.3, 0.4) is 0 Å². The first-order chi connectivity index (χ1) is 12.9. The van der Waals surface area contributed by atoms with Gasteiger partial charge < -0.3 is 10.2 Å². The standard InChI is InChI=1S/C19H22F2N6/c1-19(2,21)10-12-11-27(9-8-22-12)15-6-5-14(20)17(24-15)16-13-4-3-7-23-18(13)26-25-16/h3-7,12,22H,8-11H2,1-2H3,(H,23,25,26). The molecule has 0 amide bonds. The molecule has 3 aromatic heterocycles. The average molecular weight is 372 g/mol. The number of nitrogens with zero attached hydrogens (tertiary/aromatic N) is 4. The minimum atomic E-state index is -1.25. The van der Waals surface area contributed by atoms with Gasteiger partial charge in [-0.25, -0.2) is 18.7 Å². The van der Waals surface area contributed by atoms with E-state index in [-0.39, 0.29) is 11.7 Å². The van der Waals surface area contributed by atoms with Crippen LogP contribution in [0.4, 0.5) is 14.6 Å². The summed E-state index contributed by atoms with van der Waals surface area (Å²) in [6.45, 7) is 5.24. The van der Waals surface area contributed by atoms with Crippen molar-refractivity contribution >= 4 is 16.9 Å². The molecule has 0 spiro atoms. The normalized spacial score (nSPS) is 18.2. The molecule has 3 aromatic rings. The Balaban J connectivity index is 1.64. The molecule has 1 aliphatic rings. The van der Waals surface area contributed by atoms with Crippen LogP contribution in [0.2, 0.25) is 0 Å². The number of aromatic nitrogens is 4. The fourth-order valence-corrected chi connectivity index (χ4v) is 3.57. The number of piperazine rings is 1. The molecule has 2 N–H and O–H groups in total. The fourth-order valence-electron chi connectivity index (χ4n) is 3.57. The van der Waals surface area contributed by atoms with Crippen LogP contribution >= 0.6 is 0 Å². The number of hydrogen-bond donors (Lipinski definition) is 2. The van der Waals surface area contributed by atoms with Crippen molar-refractivity contribution in [2.24, 2.45) is 0 Å². The van der Waals surface area contributed by atoms with Crippen molar-refractivity contribution in [1.29, 1.82) is 0 Å². The van der Waals surface area contributed by atoms with Crippen LogP contribution in [-0.2, 0) is 0 Å². The number of anilines is 1. The molecule has 1 unspecified atom stereocenters. The summed E-state index contributed by atoms with van der Waals surface area (Å²) in [6.07, 6.45) is 2.05. The Hall–Kier alpha value is -2.61. The van der Waals surface area contributed by atoms with Crippen molar-refractivity contribution in [3.05, 3.63) is 36.3 Å². The number of halogens is 2. The highest BCUT2D eigenvalue weighted by Gasteiger charge is 2.27. The fraction of sp³-hybridized carbons (Fsp3) is 0.421. The van der Waals surface area contributed by atoms with Gasteiger partial charge in [0, 0.05) is 37.3 Å². The van der Waals surface area contributed by atoms with E-state index < -0.39 is 11.5 Å². The third kappa shape index (κ3) is 3.75. The second-order valence-electron chi connectivity index (χ2n) is 7.49. The van der Waals surface area contributed by atoms with Crippen molar-refractivity contribution in [3.8, 4) is 11.4 Å². The topological polar surface area (TPSA) is 69.7 Å². The Morgan fingerprint density at radius 2 is 2.15 bits per heavy atom. The van der Waals surface area contributed by atoms with Gasteiger partial charge >= 0.3 is 0 Å². The molecule has 27 heavy (non-hydrogen) atoms. The summed E-state index contributed by atoms with van der Waals surface area (Å²) in [5, 5.41) is 11.0. The molecule has 1 fully saturated rings. The van der Waals surface area contributed by atoms with Gasteiger partial charge in [0.2, 0.25) is 0 Å². The SMILES string of the molecule is CC(C)(F)CC1CN(c2ccc(F)c(-c3[nH]nc4ncccc34)n2)CCN1. The average Bonchev–Trinajstić information content (AvgIpc) is 3.05. The first-order valence-corrected chi connectivity index (χ1v) is 9.04. The summed E-state index contributed by atoms with van der Waals surface area (Å²) in [6, 6.07) is 6.71. The maximum Gasteiger partial charge on any atom is 0.181 e. The lowest BCUT2D eigenvalue weighted by atomic mass is 9.99. The van der Waals surface area contributed by atoms with Gasteiger partial charge in [0.05, 0.1) is 5.69 Å². The van der Waals surface area contributed by atoms with Gasteiger partial charge in [-0.1, -0.05) is 0 Å². The van der Waals surface area contributed by atoms with Crippen molar-refractivity contribution in [3.63, 3.8) is 0 Å². The maximum atomic E-state index is 14.5. The molecular weight excluding hydrogens is 350 g/mol. The van der Waals surface area contributed by atoms with Crippen LogP contribution in [0.5, 0.6) is 0 Å². The van der Waals surface area contributed by atoms with E-state index in [1.165, 1.54) is 6.07 Å². The largest absolute Gasteiger partial charge is 0.354 e. The predicted octanol–water partition coefficient (Wildman–Crippen LogP) is 3.08. The van der Waals surface area contributed by atoms with Crippen molar-refractivity contribution in [2.75, 3.05) is 24.5 Å². The molecule has 0 aromatic carbocycles. The van der Waals surface area contributed by atoms with Gasteiger partial charge in [0.25, 0.3) is 0 Å².